The first-order valence-corrected chi connectivity index (χ1v) is 11.1. The van der Waals surface area contributed by atoms with Crippen LogP contribution in [0.1, 0.15) is 11.1 Å². The van der Waals surface area contributed by atoms with Gasteiger partial charge < -0.3 is 20.1 Å². The van der Waals surface area contributed by atoms with Gasteiger partial charge in [0.15, 0.2) is 18.1 Å². The van der Waals surface area contributed by atoms with Crippen molar-refractivity contribution in [2.75, 3.05) is 24.4 Å². The van der Waals surface area contributed by atoms with Crippen molar-refractivity contribution in [2.45, 2.75) is 6.92 Å². The lowest BCUT2D eigenvalue weighted by molar-refractivity contribution is -0.118. The lowest BCUT2D eigenvalue weighted by Crippen LogP contribution is -2.20. The van der Waals surface area contributed by atoms with Crippen molar-refractivity contribution in [1.29, 1.82) is 5.26 Å². The molecule has 0 spiro atoms. The quantitative estimate of drug-likeness (QED) is 0.292. The molecule has 3 rings (SSSR count). The minimum Gasteiger partial charge on any atom is -0.493 e. The van der Waals surface area contributed by atoms with Crippen LogP contribution in [0.4, 0.5) is 11.4 Å². The van der Waals surface area contributed by atoms with Crippen molar-refractivity contribution >= 4 is 52.5 Å². The first-order valence-electron chi connectivity index (χ1n) is 10.3. The van der Waals surface area contributed by atoms with E-state index in [1.165, 1.54) is 19.3 Å². The molecule has 0 atom stereocenters. The fraction of sp³-hybridized carbons (Fsp3) is 0.115. The second kappa shape index (κ2) is 11.9. The second-order valence-electron chi connectivity index (χ2n) is 7.37. The van der Waals surface area contributed by atoms with Crippen molar-refractivity contribution in [3.8, 4) is 17.6 Å². The average molecular weight is 510 g/mol. The molecule has 0 radical (unpaired) electrons. The number of hydrogen-bond acceptors (Lipinski definition) is 5. The van der Waals surface area contributed by atoms with Crippen molar-refractivity contribution in [1.82, 2.24) is 0 Å². The van der Waals surface area contributed by atoms with Crippen LogP contribution in [-0.2, 0) is 9.59 Å². The van der Waals surface area contributed by atoms with E-state index in [1.807, 2.05) is 25.1 Å². The Hall–Kier alpha value is -3.99. The van der Waals surface area contributed by atoms with E-state index in [2.05, 4.69) is 10.6 Å². The van der Waals surface area contributed by atoms with Gasteiger partial charge in [-0.3, -0.25) is 9.59 Å². The predicted molar refractivity (Wildman–Crippen MR) is 137 cm³/mol. The summed E-state index contributed by atoms with van der Waals surface area (Å²) < 4.78 is 10.9. The molecule has 35 heavy (non-hydrogen) atoms. The van der Waals surface area contributed by atoms with Crippen molar-refractivity contribution < 1.29 is 19.1 Å². The van der Waals surface area contributed by atoms with Gasteiger partial charge in [-0.25, -0.2) is 0 Å². The highest BCUT2D eigenvalue weighted by Crippen LogP contribution is 2.37. The van der Waals surface area contributed by atoms with Crippen LogP contribution in [0.2, 0.25) is 10.0 Å². The number of halogens is 2. The number of anilines is 2. The van der Waals surface area contributed by atoms with Gasteiger partial charge in [-0.15, -0.1) is 0 Å². The van der Waals surface area contributed by atoms with Gasteiger partial charge in [0, 0.05) is 16.4 Å². The third kappa shape index (κ3) is 7.24. The summed E-state index contributed by atoms with van der Waals surface area (Å²) in [5.74, 6) is -0.593. The molecule has 7 nitrogen and oxygen atoms in total. The van der Waals surface area contributed by atoms with E-state index >= 15 is 0 Å². The number of aryl methyl sites for hydroxylation is 1. The van der Waals surface area contributed by atoms with Gasteiger partial charge in [0.1, 0.15) is 11.6 Å². The van der Waals surface area contributed by atoms with E-state index in [0.29, 0.717) is 22.0 Å². The Morgan fingerprint density at radius 3 is 2.43 bits per heavy atom. The van der Waals surface area contributed by atoms with Crippen LogP contribution in [-0.4, -0.2) is 25.5 Å². The molecular weight excluding hydrogens is 489 g/mol. The van der Waals surface area contributed by atoms with E-state index in [4.69, 9.17) is 32.7 Å². The van der Waals surface area contributed by atoms with Gasteiger partial charge in [0.25, 0.3) is 11.8 Å². The maximum Gasteiger partial charge on any atom is 0.266 e. The fourth-order valence-electron chi connectivity index (χ4n) is 3.01. The lowest BCUT2D eigenvalue weighted by atomic mass is 10.1. The van der Waals surface area contributed by atoms with Crippen molar-refractivity contribution in [3.05, 3.63) is 87.4 Å². The number of carbonyl (C=O) groups is 2. The summed E-state index contributed by atoms with van der Waals surface area (Å²) >= 11 is 12.3. The zero-order chi connectivity index (χ0) is 25.4. The van der Waals surface area contributed by atoms with Crippen LogP contribution in [0.5, 0.6) is 11.5 Å². The number of nitriles is 1. The number of nitrogens with zero attached hydrogens (tertiary/aromatic N) is 1. The summed E-state index contributed by atoms with van der Waals surface area (Å²) in [6.45, 7) is 1.65. The van der Waals surface area contributed by atoms with Gasteiger partial charge in [-0.2, -0.15) is 5.26 Å². The topological polar surface area (TPSA) is 100 Å². The Morgan fingerprint density at radius 2 is 1.77 bits per heavy atom. The van der Waals surface area contributed by atoms with E-state index in [1.54, 1.807) is 42.5 Å². The van der Waals surface area contributed by atoms with Gasteiger partial charge in [-0.1, -0.05) is 47.0 Å². The highest BCUT2D eigenvalue weighted by atomic mass is 35.5. The summed E-state index contributed by atoms with van der Waals surface area (Å²) in [7, 11) is 1.41. The van der Waals surface area contributed by atoms with Crippen molar-refractivity contribution in [3.63, 3.8) is 0 Å². The third-order valence-electron chi connectivity index (χ3n) is 4.69. The molecule has 3 aromatic carbocycles. The van der Waals surface area contributed by atoms with Crippen LogP contribution in [0.25, 0.3) is 6.08 Å². The number of benzene rings is 3. The number of rotatable bonds is 8. The first kappa shape index (κ1) is 25.6. The lowest BCUT2D eigenvalue weighted by Gasteiger charge is -2.13. The Bertz CT molecular complexity index is 1320. The maximum atomic E-state index is 12.5. The van der Waals surface area contributed by atoms with Gasteiger partial charge in [-0.05, 0) is 61.0 Å². The molecule has 0 aliphatic heterocycles. The number of hydrogen-bond donors (Lipinski definition) is 2. The molecule has 2 amide bonds. The summed E-state index contributed by atoms with van der Waals surface area (Å²) in [6.07, 6.45) is 1.36. The SMILES string of the molecule is COc1cc(/C=C(\C#N)C(=O)Nc2cccc(Cl)c2)cc(Cl)c1OCC(=O)Nc1ccc(C)cc1. The minimum atomic E-state index is -0.613. The molecular formula is C26H21Cl2N3O4. The molecule has 0 aliphatic rings. The summed E-state index contributed by atoms with van der Waals surface area (Å²) in [6, 6.07) is 18.8. The Balaban J connectivity index is 1.73. The molecule has 0 bridgehead atoms. The van der Waals surface area contributed by atoms with Crippen LogP contribution in [0, 0.1) is 18.3 Å². The maximum absolute atomic E-state index is 12.5. The standard InChI is InChI=1S/C26H21Cl2N3O4/c1-16-6-8-20(9-7-16)30-24(32)15-35-25-22(28)11-17(12-23(25)34-2)10-18(14-29)26(33)31-21-5-3-4-19(27)13-21/h3-13H,15H2,1-2H3,(H,30,32)(H,31,33)/b18-10+. The van der Waals surface area contributed by atoms with E-state index in [-0.39, 0.29) is 34.6 Å². The van der Waals surface area contributed by atoms with E-state index in [0.717, 1.165) is 5.56 Å². The van der Waals surface area contributed by atoms with E-state index < -0.39 is 5.91 Å². The molecule has 3 aromatic rings. The molecule has 0 heterocycles. The number of methoxy groups -OCH3 is 1. The van der Waals surface area contributed by atoms with Crippen LogP contribution < -0.4 is 20.1 Å². The highest BCUT2D eigenvalue weighted by molar-refractivity contribution is 6.32. The molecule has 0 aromatic heterocycles. The minimum absolute atomic E-state index is 0.145. The van der Waals surface area contributed by atoms with Crippen LogP contribution in [0.3, 0.4) is 0 Å². The van der Waals surface area contributed by atoms with E-state index in [9.17, 15) is 14.9 Å². The number of carbonyl (C=O) groups excluding carboxylic acids is 2. The van der Waals surface area contributed by atoms with Gasteiger partial charge in [0.05, 0.1) is 12.1 Å². The zero-order valence-corrected chi connectivity index (χ0v) is 20.4. The molecule has 0 saturated carbocycles. The Morgan fingerprint density at radius 1 is 1.03 bits per heavy atom. The summed E-state index contributed by atoms with van der Waals surface area (Å²) in [5, 5.41) is 15.4. The molecule has 9 heteroatoms. The largest absolute Gasteiger partial charge is 0.493 e. The van der Waals surface area contributed by atoms with Crippen LogP contribution in [0.15, 0.2) is 66.2 Å². The number of nitrogens with one attached hydrogen (secondary N) is 2. The van der Waals surface area contributed by atoms with Gasteiger partial charge >= 0.3 is 0 Å². The summed E-state index contributed by atoms with van der Waals surface area (Å²) in [4.78, 5) is 24.8. The normalized spacial score (nSPS) is 10.8. The molecule has 0 saturated heterocycles. The zero-order valence-electron chi connectivity index (χ0n) is 18.9. The number of amides is 2. The molecule has 0 fully saturated rings. The fourth-order valence-corrected chi connectivity index (χ4v) is 3.48. The molecule has 0 unspecified atom stereocenters. The Labute approximate surface area is 212 Å². The molecule has 0 aliphatic carbocycles. The third-order valence-corrected chi connectivity index (χ3v) is 5.21. The monoisotopic (exact) mass is 509 g/mol. The summed E-state index contributed by atoms with van der Waals surface area (Å²) in [5.41, 5.74) is 2.44. The average Bonchev–Trinajstić information content (AvgIpc) is 2.82. The Kier molecular flexibility index (Phi) is 8.74. The van der Waals surface area contributed by atoms with Crippen molar-refractivity contribution in [2.24, 2.45) is 0 Å². The van der Waals surface area contributed by atoms with Crippen LogP contribution >= 0.6 is 23.2 Å². The first-order chi connectivity index (χ1) is 16.8. The second-order valence-corrected chi connectivity index (χ2v) is 8.21. The number of ether oxygens (including phenoxy) is 2. The highest BCUT2D eigenvalue weighted by Gasteiger charge is 2.16. The molecule has 178 valence electrons. The van der Waals surface area contributed by atoms with Gasteiger partial charge in [0.2, 0.25) is 0 Å². The smallest absolute Gasteiger partial charge is 0.266 e. The molecule has 2 N–H and O–H groups in total. The predicted octanol–water partition coefficient (Wildman–Crippen LogP) is 5.87.